The van der Waals surface area contributed by atoms with Crippen LogP contribution in [0.4, 0.5) is 5.69 Å². The van der Waals surface area contributed by atoms with Gasteiger partial charge in [-0.1, -0.05) is 12.1 Å². The number of ether oxygens (including phenoxy) is 1. The number of amides is 1. The number of thiocarbonyl (C=S) groups is 1. The minimum Gasteiger partial charge on any atom is -0.481 e. The fraction of sp³-hybridized carbons (Fsp3) is 0.278. The van der Waals surface area contributed by atoms with Crippen LogP contribution in [0, 0.1) is 0 Å². The fourth-order valence-corrected chi connectivity index (χ4v) is 3.19. The predicted molar refractivity (Wildman–Crippen MR) is 106 cm³/mol. The molecule has 2 heterocycles. The maximum atomic E-state index is 12.4. The van der Waals surface area contributed by atoms with Crippen molar-refractivity contribution >= 4 is 86.3 Å². The van der Waals surface area contributed by atoms with Crippen LogP contribution < -0.4 is 9.64 Å². The van der Waals surface area contributed by atoms with Gasteiger partial charge in [0, 0.05) is 77.6 Å². The summed E-state index contributed by atoms with van der Waals surface area (Å²) >= 11 is 5.28. The van der Waals surface area contributed by atoms with Gasteiger partial charge in [-0.15, -0.1) is 0 Å². The SMILES string of the molecule is CCN1C(=O)C(=C/C=C2/Oc3ccccc3N2CCC(=O)O)N(C)C1=S.[K]. The van der Waals surface area contributed by atoms with E-state index < -0.39 is 5.97 Å². The van der Waals surface area contributed by atoms with Gasteiger partial charge in [-0.05, 0) is 37.4 Å². The molecule has 9 heteroatoms. The molecule has 0 atom stereocenters. The first-order chi connectivity index (χ1) is 12.4. The van der Waals surface area contributed by atoms with E-state index in [4.69, 9.17) is 22.1 Å². The minimum absolute atomic E-state index is 0. The Balaban J connectivity index is 0.00000261. The number of likely N-dealkylation sites (N-methyl/N-ethyl adjacent to an activating group) is 2. The summed E-state index contributed by atoms with van der Waals surface area (Å²) in [6.07, 6.45) is 3.30. The van der Waals surface area contributed by atoms with Gasteiger partial charge in [-0.3, -0.25) is 14.5 Å². The fourth-order valence-electron chi connectivity index (χ4n) is 2.88. The molecule has 2 aliphatic rings. The molecule has 1 fully saturated rings. The summed E-state index contributed by atoms with van der Waals surface area (Å²) in [5.41, 5.74) is 1.25. The third-order valence-electron chi connectivity index (χ3n) is 4.23. The van der Waals surface area contributed by atoms with E-state index in [1.807, 2.05) is 31.2 Å². The van der Waals surface area contributed by atoms with Crippen LogP contribution in [-0.2, 0) is 9.59 Å². The third-order valence-corrected chi connectivity index (χ3v) is 4.72. The van der Waals surface area contributed by atoms with Gasteiger partial charge in [0.15, 0.2) is 10.9 Å². The van der Waals surface area contributed by atoms with E-state index in [0.29, 0.717) is 29.0 Å². The third kappa shape index (κ3) is 4.44. The largest absolute Gasteiger partial charge is 0.481 e. The zero-order chi connectivity index (χ0) is 18.8. The standard InChI is InChI=1S/C18H19N3O4S.K/c1-3-20-17(24)13(19(2)18(20)26)8-9-15-21(11-10-16(22)23)12-6-4-5-7-14(12)25-15;/h4-9H,3,10-11H2,1-2H3,(H,22,23);/b13-8?,15-9+;. The van der Waals surface area contributed by atoms with Crippen molar-refractivity contribution in [3.63, 3.8) is 0 Å². The zero-order valence-corrected chi connectivity index (χ0v) is 19.4. The molecule has 0 saturated carbocycles. The van der Waals surface area contributed by atoms with Gasteiger partial charge < -0.3 is 19.6 Å². The van der Waals surface area contributed by atoms with Gasteiger partial charge in [0.2, 0.25) is 5.88 Å². The van der Waals surface area contributed by atoms with E-state index in [9.17, 15) is 9.59 Å². The molecule has 0 aromatic heterocycles. The summed E-state index contributed by atoms with van der Waals surface area (Å²) in [6, 6.07) is 7.40. The van der Waals surface area contributed by atoms with Crippen LogP contribution in [-0.4, -0.2) is 103 Å². The molecule has 137 valence electrons. The van der Waals surface area contributed by atoms with Crippen molar-refractivity contribution in [3.05, 3.63) is 48.0 Å². The summed E-state index contributed by atoms with van der Waals surface area (Å²) in [4.78, 5) is 28.4. The zero-order valence-electron chi connectivity index (χ0n) is 15.5. The van der Waals surface area contributed by atoms with Crippen molar-refractivity contribution in [2.75, 3.05) is 25.0 Å². The first-order valence-corrected chi connectivity index (χ1v) is 8.62. The molecular weight excluding hydrogens is 393 g/mol. The number of carbonyl (C=O) groups is 2. The Hall–Kier alpha value is -1.23. The van der Waals surface area contributed by atoms with Crippen LogP contribution in [0.15, 0.2) is 48.0 Å². The first kappa shape index (κ1) is 22.1. The smallest absolute Gasteiger partial charge is 0.305 e. The number of benzene rings is 1. The molecule has 0 aliphatic carbocycles. The molecule has 2 aliphatic heterocycles. The number of allylic oxidation sites excluding steroid dienone is 2. The summed E-state index contributed by atoms with van der Waals surface area (Å²) in [5.74, 6) is 0.0764. The Labute approximate surface area is 205 Å². The Morgan fingerprint density at radius 3 is 2.59 bits per heavy atom. The molecular formula is C18H19KN3O4S. The summed E-state index contributed by atoms with van der Waals surface area (Å²) in [6.45, 7) is 2.64. The first-order valence-electron chi connectivity index (χ1n) is 8.21. The summed E-state index contributed by atoms with van der Waals surface area (Å²) in [5, 5.41) is 9.45. The normalized spacial score (nSPS) is 18.8. The summed E-state index contributed by atoms with van der Waals surface area (Å²) in [7, 11) is 1.74. The van der Waals surface area contributed by atoms with Crippen molar-refractivity contribution in [2.24, 2.45) is 0 Å². The Bertz CT molecular complexity index is 840. The van der Waals surface area contributed by atoms with E-state index in [1.54, 1.807) is 29.0 Å². The average Bonchev–Trinajstić information content (AvgIpc) is 3.06. The second-order valence-corrected chi connectivity index (χ2v) is 6.18. The minimum atomic E-state index is -0.887. The van der Waals surface area contributed by atoms with E-state index in [-0.39, 0.29) is 70.3 Å². The molecule has 1 amide bonds. The molecule has 0 bridgehead atoms. The van der Waals surface area contributed by atoms with Gasteiger partial charge >= 0.3 is 5.97 Å². The van der Waals surface area contributed by atoms with E-state index in [2.05, 4.69) is 0 Å². The van der Waals surface area contributed by atoms with Crippen molar-refractivity contribution in [2.45, 2.75) is 13.3 Å². The van der Waals surface area contributed by atoms with Crippen LogP contribution in [0.2, 0.25) is 0 Å². The molecule has 1 radical (unpaired) electrons. The number of aliphatic carboxylic acids is 1. The van der Waals surface area contributed by atoms with Gasteiger partial charge in [0.1, 0.15) is 5.70 Å². The second-order valence-electron chi connectivity index (χ2n) is 5.81. The molecule has 3 rings (SSSR count). The number of carboxylic acid groups (broad SMARTS) is 1. The number of fused-ring (bicyclic) bond motifs is 1. The van der Waals surface area contributed by atoms with E-state index >= 15 is 0 Å². The van der Waals surface area contributed by atoms with Crippen LogP contribution in [0.1, 0.15) is 13.3 Å². The van der Waals surface area contributed by atoms with E-state index in [0.717, 1.165) is 5.69 Å². The number of hydrogen-bond donors (Lipinski definition) is 1. The number of carbonyl (C=O) groups excluding carboxylic acids is 1. The number of carboxylic acids is 1. The Kier molecular flexibility index (Phi) is 7.61. The van der Waals surface area contributed by atoms with Crippen molar-refractivity contribution in [1.82, 2.24) is 9.80 Å². The molecule has 1 aromatic carbocycles. The predicted octanol–water partition coefficient (Wildman–Crippen LogP) is 1.78. The molecule has 1 N–H and O–H groups in total. The average molecular weight is 413 g/mol. The van der Waals surface area contributed by atoms with Gasteiger partial charge in [0.25, 0.3) is 5.91 Å². The van der Waals surface area contributed by atoms with Crippen LogP contribution >= 0.6 is 12.2 Å². The maximum absolute atomic E-state index is 12.4. The van der Waals surface area contributed by atoms with Gasteiger partial charge in [0.05, 0.1) is 12.1 Å². The molecule has 1 saturated heterocycles. The van der Waals surface area contributed by atoms with Crippen molar-refractivity contribution in [1.29, 1.82) is 0 Å². The van der Waals surface area contributed by atoms with Crippen LogP contribution in [0.3, 0.4) is 0 Å². The second kappa shape index (κ2) is 9.31. The number of nitrogens with zero attached hydrogens (tertiary/aromatic N) is 3. The topological polar surface area (TPSA) is 73.3 Å². The molecule has 27 heavy (non-hydrogen) atoms. The number of hydrogen-bond acceptors (Lipinski definition) is 5. The quantitative estimate of drug-likeness (QED) is 0.449. The molecule has 0 unspecified atom stereocenters. The number of para-hydroxylation sites is 2. The Morgan fingerprint density at radius 1 is 1.26 bits per heavy atom. The molecule has 7 nitrogen and oxygen atoms in total. The van der Waals surface area contributed by atoms with Crippen LogP contribution in [0.5, 0.6) is 5.75 Å². The summed E-state index contributed by atoms with van der Waals surface area (Å²) < 4.78 is 5.84. The monoisotopic (exact) mass is 412 g/mol. The van der Waals surface area contributed by atoms with Crippen molar-refractivity contribution in [3.8, 4) is 5.75 Å². The number of rotatable bonds is 5. The van der Waals surface area contributed by atoms with Gasteiger partial charge in [-0.25, -0.2) is 0 Å². The Morgan fingerprint density at radius 2 is 1.96 bits per heavy atom. The number of anilines is 1. The molecule has 0 spiro atoms. The van der Waals surface area contributed by atoms with Crippen LogP contribution in [0.25, 0.3) is 0 Å². The van der Waals surface area contributed by atoms with E-state index in [1.165, 1.54) is 4.90 Å². The van der Waals surface area contributed by atoms with Crippen molar-refractivity contribution < 1.29 is 19.4 Å². The molecule has 1 aromatic rings. The maximum Gasteiger partial charge on any atom is 0.305 e. The van der Waals surface area contributed by atoms with Gasteiger partial charge in [-0.2, -0.15) is 0 Å².